The van der Waals surface area contributed by atoms with Crippen LogP contribution in [0.3, 0.4) is 0 Å². The third-order valence-corrected chi connectivity index (χ3v) is 3.35. The van der Waals surface area contributed by atoms with Crippen molar-refractivity contribution in [3.63, 3.8) is 0 Å². The number of rotatable bonds is 8. The predicted molar refractivity (Wildman–Crippen MR) is 94.0 cm³/mol. The zero-order valence-corrected chi connectivity index (χ0v) is 13.7. The molecule has 0 atom stereocenters. The SMILES string of the molecule is CC(=O)NCCC(=O)Nc1cccc(OCCc2ccccc2)c1. The minimum absolute atomic E-state index is 0.142. The Kier molecular flexibility index (Phi) is 6.83. The lowest BCUT2D eigenvalue weighted by atomic mass is 10.2. The van der Waals surface area contributed by atoms with Gasteiger partial charge >= 0.3 is 0 Å². The Morgan fingerprint density at radius 1 is 1.04 bits per heavy atom. The second kappa shape index (κ2) is 9.35. The number of benzene rings is 2. The largest absolute Gasteiger partial charge is 0.493 e. The zero-order valence-electron chi connectivity index (χ0n) is 13.7. The molecule has 2 amide bonds. The molecule has 2 aromatic carbocycles. The van der Waals surface area contributed by atoms with Crippen molar-refractivity contribution < 1.29 is 14.3 Å². The first-order valence-corrected chi connectivity index (χ1v) is 7.94. The van der Waals surface area contributed by atoms with Gasteiger partial charge in [-0.25, -0.2) is 0 Å². The molecule has 2 N–H and O–H groups in total. The molecule has 2 rings (SSSR count). The molecule has 0 spiro atoms. The molecule has 0 fully saturated rings. The summed E-state index contributed by atoms with van der Waals surface area (Å²) in [6.45, 7) is 2.33. The highest BCUT2D eigenvalue weighted by atomic mass is 16.5. The molecular formula is C19H22N2O3. The Morgan fingerprint density at radius 2 is 1.83 bits per heavy atom. The van der Waals surface area contributed by atoms with Crippen molar-refractivity contribution in [2.45, 2.75) is 19.8 Å². The first kappa shape index (κ1) is 17.5. The Hall–Kier alpha value is -2.82. The molecule has 0 saturated heterocycles. The molecular weight excluding hydrogens is 304 g/mol. The molecule has 126 valence electrons. The van der Waals surface area contributed by atoms with Crippen LogP contribution in [0.4, 0.5) is 5.69 Å². The molecule has 0 aliphatic rings. The van der Waals surface area contributed by atoms with Crippen molar-refractivity contribution >= 4 is 17.5 Å². The van der Waals surface area contributed by atoms with Gasteiger partial charge in [-0.05, 0) is 17.7 Å². The van der Waals surface area contributed by atoms with Gasteiger partial charge in [0.25, 0.3) is 0 Å². The number of carbonyl (C=O) groups excluding carboxylic acids is 2. The Balaban J connectivity index is 1.78. The van der Waals surface area contributed by atoms with E-state index in [2.05, 4.69) is 22.8 Å². The molecule has 24 heavy (non-hydrogen) atoms. The summed E-state index contributed by atoms with van der Waals surface area (Å²) in [4.78, 5) is 22.6. The van der Waals surface area contributed by atoms with Crippen LogP contribution in [-0.4, -0.2) is 25.0 Å². The van der Waals surface area contributed by atoms with Crippen LogP contribution in [0.2, 0.25) is 0 Å². The first-order valence-electron chi connectivity index (χ1n) is 7.94. The van der Waals surface area contributed by atoms with E-state index in [0.29, 0.717) is 24.6 Å². The summed E-state index contributed by atoms with van der Waals surface area (Å²) in [6.07, 6.45) is 1.06. The number of hydrogen-bond acceptors (Lipinski definition) is 3. The van der Waals surface area contributed by atoms with E-state index in [-0.39, 0.29) is 18.2 Å². The van der Waals surface area contributed by atoms with E-state index in [4.69, 9.17) is 4.74 Å². The molecule has 0 unspecified atom stereocenters. The van der Waals surface area contributed by atoms with Crippen LogP contribution in [0, 0.1) is 0 Å². The van der Waals surface area contributed by atoms with Gasteiger partial charge in [-0.2, -0.15) is 0 Å². The zero-order chi connectivity index (χ0) is 17.2. The Labute approximate surface area is 142 Å². The Bertz CT molecular complexity index is 671. The van der Waals surface area contributed by atoms with Gasteiger partial charge in [0.1, 0.15) is 5.75 Å². The monoisotopic (exact) mass is 326 g/mol. The molecule has 0 radical (unpaired) electrons. The quantitative estimate of drug-likeness (QED) is 0.784. The lowest BCUT2D eigenvalue weighted by Crippen LogP contribution is -2.25. The highest BCUT2D eigenvalue weighted by molar-refractivity contribution is 5.91. The Morgan fingerprint density at radius 3 is 2.58 bits per heavy atom. The van der Waals surface area contributed by atoms with Gasteiger partial charge in [0.05, 0.1) is 6.61 Å². The van der Waals surface area contributed by atoms with Gasteiger partial charge in [-0.3, -0.25) is 9.59 Å². The van der Waals surface area contributed by atoms with Gasteiger partial charge in [0, 0.05) is 38.1 Å². The first-order chi connectivity index (χ1) is 11.6. The number of anilines is 1. The van der Waals surface area contributed by atoms with E-state index in [1.54, 1.807) is 12.1 Å². The van der Waals surface area contributed by atoms with E-state index < -0.39 is 0 Å². The van der Waals surface area contributed by atoms with Crippen LogP contribution in [0.15, 0.2) is 54.6 Å². The van der Waals surface area contributed by atoms with E-state index in [1.165, 1.54) is 12.5 Å². The second-order valence-corrected chi connectivity index (χ2v) is 5.39. The van der Waals surface area contributed by atoms with Gasteiger partial charge in [0.2, 0.25) is 11.8 Å². The van der Waals surface area contributed by atoms with E-state index >= 15 is 0 Å². The maximum Gasteiger partial charge on any atom is 0.226 e. The maximum atomic E-state index is 11.8. The molecule has 0 aliphatic carbocycles. The summed E-state index contributed by atoms with van der Waals surface area (Å²) in [6, 6.07) is 17.4. The molecule has 0 heterocycles. The lowest BCUT2D eigenvalue weighted by Gasteiger charge is -2.09. The van der Waals surface area contributed by atoms with Gasteiger partial charge in [-0.1, -0.05) is 36.4 Å². The highest BCUT2D eigenvalue weighted by Crippen LogP contribution is 2.17. The number of nitrogens with one attached hydrogen (secondary N) is 2. The van der Waals surface area contributed by atoms with Gasteiger partial charge in [0.15, 0.2) is 0 Å². The number of amides is 2. The predicted octanol–water partition coefficient (Wildman–Crippen LogP) is 2.77. The van der Waals surface area contributed by atoms with E-state index in [9.17, 15) is 9.59 Å². The summed E-state index contributed by atoms with van der Waals surface area (Å²) in [5.74, 6) is 0.424. The van der Waals surface area contributed by atoms with Crippen molar-refractivity contribution in [1.29, 1.82) is 0 Å². The summed E-state index contributed by atoms with van der Waals surface area (Å²) in [7, 11) is 0. The molecule has 5 heteroatoms. The maximum absolute atomic E-state index is 11.8. The van der Waals surface area contributed by atoms with Crippen LogP contribution in [0.25, 0.3) is 0 Å². The summed E-state index contributed by atoms with van der Waals surface area (Å²) >= 11 is 0. The van der Waals surface area contributed by atoms with Crippen LogP contribution in [0.5, 0.6) is 5.75 Å². The topological polar surface area (TPSA) is 67.4 Å². The lowest BCUT2D eigenvalue weighted by molar-refractivity contribution is -0.119. The number of ether oxygens (including phenoxy) is 1. The van der Waals surface area contributed by atoms with Gasteiger partial charge < -0.3 is 15.4 Å². The van der Waals surface area contributed by atoms with Crippen LogP contribution < -0.4 is 15.4 Å². The van der Waals surface area contributed by atoms with E-state index in [1.807, 2.05) is 30.3 Å². The molecule has 0 bridgehead atoms. The molecule has 5 nitrogen and oxygen atoms in total. The average Bonchev–Trinajstić information content (AvgIpc) is 2.56. The summed E-state index contributed by atoms with van der Waals surface area (Å²) < 4.78 is 5.74. The van der Waals surface area contributed by atoms with Crippen molar-refractivity contribution in [2.24, 2.45) is 0 Å². The van der Waals surface area contributed by atoms with Crippen molar-refractivity contribution in [1.82, 2.24) is 5.32 Å². The minimum Gasteiger partial charge on any atom is -0.493 e. The molecule has 0 aliphatic heterocycles. The number of hydrogen-bond donors (Lipinski definition) is 2. The average molecular weight is 326 g/mol. The van der Waals surface area contributed by atoms with Crippen LogP contribution in [-0.2, 0) is 16.0 Å². The highest BCUT2D eigenvalue weighted by Gasteiger charge is 2.04. The third-order valence-electron chi connectivity index (χ3n) is 3.35. The normalized spacial score (nSPS) is 10.0. The van der Waals surface area contributed by atoms with E-state index in [0.717, 1.165) is 6.42 Å². The van der Waals surface area contributed by atoms with Crippen LogP contribution >= 0.6 is 0 Å². The van der Waals surface area contributed by atoms with Crippen molar-refractivity contribution in [3.8, 4) is 5.75 Å². The standard InChI is InChI=1S/C19H22N2O3/c1-15(22)20-12-10-19(23)21-17-8-5-9-18(14-17)24-13-11-16-6-3-2-4-7-16/h2-9,14H,10-13H2,1H3,(H,20,22)(H,21,23). The fraction of sp³-hybridized carbons (Fsp3) is 0.263. The smallest absolute Gasteiger partial charge is 0.226 e. The fourth-order valence-electron chi connectivity index (χ4n) is 2.17. The summed E-state index contributed by atoms with van der Waals surface area (Å²) in [5, 5.41) is 5.39. The van der Waals surface area contributed by atoms with Crippen molar-refractivity contribution in [2.75, 3.05) is 18.5 Å². The van der Waals surface area contributed by atoms with Crippen molar-refractivity contribution in [3.05, 3.63) is 60.2 Å². The van der Waals surface area contributed by atoms with Crippen LogP contribution in [0.1, 0.15) is 18.9 Å². The third kappa shape index (κ3) is 6.52. The second-order valence-electron chi connectivity index (χ2n) is 5.39. The minimum atomic E-state index is -0.148. The van der Waals surface area contributed by atoms with Gasteiger partial charge in [-0.15, -0.1) is 0 Å². The fourth-order valence-corrected chi connectivity index (χ4v) is 2.17. The summed E-state index contributed by atoms with van der Waals surface area (Å²) in [5.41, 5.74) is 1.90. The molecule has 0 aromatic heterocycles. The molecule has 2 aromatic rings. The number of carbonyl (C=O) groups is 2. The molecule has 0 saturated carbocycles.